The monoisotopic (exact) mass is 346 g/mol. The minimum Gasteiger partial charge on any atom is -0.424 e. The molecule has 2 heterocycles. The van der Waals surface area contributed by atoms with Gasteiger partial charge in [0.1, 0.15) is 5.82 Å². The van der Waals surface area contributed by atoms with E-state index in [1.54, 1.807) is 12.1 Å². The van der Waals surface area contributed by atoms with Gasteiger partial charge in [-0.2, -0.15) is 0 Å². The zero-order chi connectivity index (χ0) is 17.8. The van der Waals surface area contributed by atoms with Crippen LogP contribution in [0.2, 0.25) is 0 Å². The molecule has 25 heavy (non-hydrogen) atoms. The predicted octanol–water partition coefficient (Wildman–Crippen LogP) is 2.22. The van der Waals surface area contributed by atoms with Gasteiger partial charge in [0, 0.05) is 32.1 Å². The molecule has 1 aromatic heterocycles. The molecule has 2 aromatic rings. The van der Waals surface area contributed by atoms with E-state index in [-0.39, 0.29) is 17.6 Å². The van der Waals surface area contributed by atoms with Crippen molar-refractivity contribution in [1.82, 2.24) is 20.0 Å². The zero-order valence-electron chi connectivity index (χ0n) is 14.6. The van der Waals surface area contributed by atoms with E-state index < -0.39 is 0 Å². The second-order valence-corrected chi connectivity index (χ2v) is 6.65. The summed E-state index contributed by atoms with van der Waals surface area (Å²) in [5.74, 6) is 1.29. The smallest absolute Gasteiger partial charge is 0.230 e. The third-order valence-electron chi connectivity index (χ3n) is 4.33. The molecule has 0 unspecified atom stereocenters. The summed E-state index contributed by atoms with van der Waals surface area (Å²) >= 11 is 0. The van der Waals surface area contributed by atoms with Gasteiger partial charge in [-0.05, 0) is 17.7 Å². The molecule has 0 atom stereocenters. The zero-order valence-corrected chi connectivity index (χ0v) is 14.6. The number of benzene rings is 1. The van der Waals surface area contributed by atoms with Gasteiger partial charge in [0.05, 0.1) is 13.0 Å². The predicted molar refractivity (Wildman–Crippen MR) is 90.3 cm³/mol. The summed E-state index contributed by atoms with van der Waals surface area (Å²) in [7, 11) is 0. The summed E-state index contributed by atoms with van der Waals surface area (Å²) in [4.78, 5) is 16.4. The Kier molecular flexibility index (Phi) is 5.43. The first-order chi connectivity index (χ1) is 12.0. The summed E-state index contributed by atoms with van der Waals surface area (Å²) in [5, 5.41) is 8.12. The second-order valence-electron chi connectivity index (χ2n) is 6.65. The maximum Gasteiger partial charge on any atom is 0.230 e. The van der Waals surface area contributed by atoms with Gasteiger partial charge in [-0.3, -0.25) is 9.69 Å². The fourth-order valence-electron chi connectivity index (χ4n) is 2.80. The molecule has 7 heteroatoms. The van der Waals surface area contributed by atoms with Crippen LogP contribution < -0.4 is 0 Å². The topological polar surface area (TPSA) is 62.5 Å². The van der Waals surface area contributed by atoms with Gasteiger partial charge in [-0.15, -0.1) is 10.2 Å². The first-order valence-corrected chi connectivity index (χ1v) is 8.58. The highest BCUT2D eigenvalue weighted by Gasteiger charge is 2.22. The Bertz CT molecular complexity index is 706. The lowest BCUT2D eigenvalue weighted by Crippen LogP contribution is -2.48. The highest BCUT2D eigenvalue weighted by atomic mass is 19.1. The summed E-state index contributed by atoms with van der Waals surface area (Å²) in [6.45, 7) is 7.53. The summed E-state index contributed by atoms with van der Waals surface area (Å²) in [6, 6.07) is 6.09. The molecule has 0 spiro atoms. The average Bonchev–Trinajstić information content (AvgIpc) is 3.06. The van der Waals surface area contributed by atoms with Gasteiger partial charge in [0.2, 0.25) is 17.7 Å². The lowest BCUT2D eigenvalue weighted by atomic mass is 10.1. The lowest BCUT2D eigenvalue weighted by molar-refractivity contribution is -0.132. The Morgan fingerprint density at radius 1 is 1.16 bits per heavy atom. The summed E-state index contributed by atoms with van der Waals surface area (Å²) in [5.41, 5.74) is 0.834. The van der Waals surface area contributed by atoms with Crippen LogP contribution in [0.25, 0.3) is 0 Å². The van der Waals surface area contributed by atoms with Gasteiger partial charge in [0.15, 0.2) is 0 Å². The lowest BCUT2D eigenvalue weighted by Gasteiger charge is -2.34. The number of amides is 1. The molecule has 0 saturated carbocycles. The number of rotatable bonds is 5. The van der Waals surface area contributed by atoms with E-state index in [1.807, 2.05) is 18.7 Å². The van der Waals surface area contributed by atoms with Crippen LogP contribution in [0.5, 0.6) is 0 Å². The fourth-order valence-corrected chi connectivity index (χ4v) is 2.80. The molecule has 0 bridgehead atoms. The van der Waals surface area contributed by atoms with Crippen LogP contribution in [0.3, 0.4) is 0 Å². The van der Waals surface area contributed by atoms with Crippen LogP contribution in [0.15, 0.2) is 28.7 Å². The van der Waals surface area contributed by atoms with Crippen LogP contribution in [-0.2, 0) is 17.8 Å². The van der Waals surface area contributed by atoms with E-state index in [0.29, 0.717) is 37.8 Å². The molecule has 1 aromatic carbocycles. The number of carbonyl (C=O) groups is 1. The third-order valence-corrected chi connectivity index (χ3v) is 4.33. The molecule has 1 fully saturated rings. The maximum atomic E-state index is 12.9. The van der Waals surface area contributed by atoms with Crippen molar-refractivity contribution < 1.29 is 13.6 Å². The molecule has 0 radical (unpaired) electrons. The highest BCUT2D eigenvalue weighted by molar-refractivity contribution is 5.78. The number of halogens is 1. The van der Waals surface area contributed by atoms with Gasteiger partial charge < -0.3 is 9.32 Å². The van der Waals surface area contributed by atoms with E-state index in [2.05, 4.69) is 15.1 Å². The van der Waals surface area contributed by atoms with Crippen LogP contribution >= 0.6 is 0 Å². The van der Waals surface area contributed by atoms with Gasteiger partial charge in [-0.25, -0.2) is 4.39 Å². The Hall–Kier alpha value is -2.28. The molecule has 1 amide bonds. The molecule has 1 aliphatic rings. The molecule has 1 aliphatic heterocycles. The van der Waals surface area contributed by atoms with Crippen molar-refractivity contribution in [1.29, 1.82) is 0 Å². The average molecular weight is 346 g/mol. The Morgan fingerprint density at radius 3 is 2.44 bits per heavy atom. The highest BCUT2D eigenvalue weighted by Crippen LogP contribution is 2.14. The molecule has 1 saturated heterocycles. The van der Waals surface area contributed by atoms with Crippen LogP contribution in [0.4, 0.5) is 4.39 Å². The van der Waals surface area contributed by atoms with Crippen LogP contribution in [0.1, 0.15) is 37.1 Å². The van der Waals surface area contributed by atoms with Crippen molar-refractivity contribution >= 4 is 5.91 Å². The van der Waals surface area contributed by atoms with Crippen molar-refractivity contribution in [2.45, 2.75) is 32.7 Å². The molecule has 6 nitrogen and oxygen atoms in total. The van der Waals surface area contributed by atoms with Crippen molar-refractivity contribution in [3.63, 3.8) is 0 Å². The van der Waals surface area contributed by atoms with Crippen molar-refractivity contribution in [2.24, 2.45) is 0 Å². The van der Waals surface area contributed by atoms with E-state index in [1.165, 1.54) is 12.1 Å². The van der Waals surface area contributed by atoms with Crippen LogP contribution in [0, 0.1) is 5.82 Å². The summed E-state index contributed by atoms with van der Waals surface area (Å²) in [6.07, 6.45) is 0.307. The molecule has 0 aliphatic carbocycles. The van der Waals surface area contributed by atoms with Crippen molar-refractivity contribution in [3.8, 4) is 0 Å². The standard InChI is InChI=1S/C18H23FN4O2/c1-13(2)18-21-20-16(25-18)12-22-7-9-23(10-8-22)17(24)11-14-3-5-15(19)6-4-14/h3-6,13H,7-12H2,1-2H3. The second kappa shape index (κ2) is 7.74. The van der Waals surface area contributed by atoms with E-state index in [4.69, 9.17) is 4.42 Å². The molecular weight excluding hydrogens is 323 g/mol. The number of aromatic nitrogens is 2. The first-order valence-electron chi connectivity index (χ1n) is 8.58. The number of hydrogen-bond acceptors (Lipinski definition) is 5. The number of carbonyl (C=O) groups excluding carboxylic acids is 1. The normalized spacial score (nSPS) is 15.8. The minimum absolute atomic E-state index is 0.0751. The SMILES string of the molecule is CC(C)c1nnc(CN2CCN(C(=O)Cc3ccc(F)cc3)CC2)o1. The number of nitrogens with zero attached hydrogens (tertiary/aromatic N) is 4. The fraction of sp³-hybridized carbons (Fsp3) is 0.500. The largest absolute Gasteiger partial charge is 0.424 e. The van der Waals surface area contributed by atoms with E-state index >= 15 is 0 Å². The molecular formula is C18H23FN4O2. The Morgan fingerprint density at radius 2 is 1.84 bits per heavy atom. The Labute approximate surface area is 146 Å². The van der Waals surface area contributed by atoms with Gasteiger partial charge >= 0.3 is 0 Å². The van der Waals surface area contributed by atoms with Gasteiger partial charge in [-0.1, -0.05) is 26.0 Å². The molecule has 3 rings (SSSR count). The van der Waals surface area contributed by atoms with Crippen LogP contribution in [-0.4, -0.2) is 52.1 Å². The molecule has 0 N–H and O–H groups in total. The minimum atomic E-state index is -0.286. The maximum absolute atomic E-state index is 12.9. The number of piperazine rings is 1. The van der Waals surface area contributed by atoms with Gasteiger partial charge in [0.25, 0.3) is 0 Å². The van der Waals surface area contributed by atoms with Crippen molar-refractivity contribution in [2.75, 3.05) is 26.2 Å². The first kappa shape index (κ1) is 17.5. The summed E-state index contributed by atoms with van der Waals surface area (Å²) < 4.78 is 18.6. The Balaban J connectivity index is 1.47. The molecule has 134 valence electrons. The van der Waals surface area contributed by atoms with Crippen molar-refractivity contribution in [3.05, 3.63) is 47.4 Å². The third kappa shape index (κ3) is 4.63. The van der Waals surface area contributed by atoms with E-state index in [9.17, 15) is 9.18 Å². The quantitative estimate of drug-likeness (QED) is 0.831. The number of hydrogen-bond donors (Lipinski definition) is 0. The van der Waals surface area contributed by atoms with E-state index in [0.717, 1.165) is 18.7 Å².